The molecule has 0 N–H and O–H groups in total. The third-order valence-corrected chi connectivity index (χ3v) is 4.77. The zero-order valence-corrected chi connectivity index (χ0v) is 15.4. The molecule has 23 heavy (non-hydrogen) atoms. The topological polar surface area (TPSA) is 12.5 Å². The molecule has 1 fully saturated rings. The molecule has 130 valence electrons. The van der Waals surface area contributed by atoms with Crippen LogP contribution in [0.1, 0.15) is 71.3 Å². The monoisotopic (exact) mass is 317 g/mol. The van der Waals surface area contributed by atoms with Crippen molar-refractivity contribution >= 4 is 0 Å². The molecule has 0 bridgehead atoms. The maximum atomic E-state index is 6.05. The van der Waals surface area contributed by atoms with E-state index in [0.717, 1.165) is 12.4 Å². The zero-order chi connectivity index (χ0) is 16.5. The lowest BCUT2D eigenvalue weighted by atomic mass is 9.86. The number of piperidine rings is 1. The van der Waals surface area contributed by atoms with Crippen molar-refractivity contribution in [3.8, 4) is 5.75 Å². The van der Waals surface area contributed by atoms with Crippen LogP contribution in [0.2, 0.25) is 0 Å². The average Bonchev–Trinajstić information content (AvgIpc) is 2.54. The predicted octanol–water partition coefficient (Wildman–Crippen LogP) is 5.41. The average molecular weight is 318 g/mol. The summed E-state index contributed by atoms with van der Waals surface area (Å²) in [4.78, 5) is 2.64. The van der Waals surface area contributed by atoms with E-state index in [1.165, 1.54) is 70.1 Å². The molecule has 0 radical (unpaired) electrons. The van der Waals surface area contributed by atoms with Crippen LogP contribution in [0.15, 0.2) is 24.3 Å². The molecule has 1 aliphatic rings. The largest absolute Gasteiger partial charge is 0.493 e. The van der Waals surface area contributed by atoms with Crippen LogP contribution >= 0.6 is 0 Å². The van der Waals surface area contributed by atoms with E-state index in [2.05, 4.69) is 49.9 Å². The highest BCUT2D eigenvalue weighted by molar-refractivity contribution is 5.38. The molecule has 0 unspecified atom stereocenters. The summed E-state index contributed by atoms with van der Waals surface area (Å²) in [6.07, 6.45) is 9.37. The molecule has 0 amide bonds. The number of benzene rings is 1. The van der Waals surface area contributed by atoms with E-state index in [9.17, 15) is 0 Å². The maximum Gasteiger partial charge on any atom is 0.123 e. The maximum absolute atomic E-state index is 6.05. The van der Waals surface area contributed by atoms with E-state index in [4.69, 9.17) is 4.74 Å². The Hall–Kier alpha value is -1.02. The second-order valence-corrected chi connectivity index (χ2v) is 7.91. The Morgan fingerprint density at radius 2 is 1.61 bits per heavy atom. The van der Waals surface area contributed by atoms with E-state index < -0.39 is 0 Å². The van der Waals surface area contributed by atoms with Crippen LogP contribution in [0.3, 0.4) is 0 Å². The summed E-state index contributed by atoms with van der Waals surface area (Å²) in [5, 5.41) is 0. The molecular weight excluding hydrogens is 282 g/mol. The van der Waals surface area contributed by atoms with Crippen molar-refractivity contribution in [2.45, 2.75) is 71.1 Å². The number of likely N-dealkylation sites (tertiary alicyclic amines) is 1. The number of nitrogens with zero attached hydrogens (tertiary/aromatic N) is 1. The lowest BCUT2D eigenvalue weighted by Crippen LogP contribution is -2.30. The van der Waals surface area contributed by atoms with Crippen LogP contribution < -0.4 is 4.74 Å². The summed E-state index contributed by atoms with van der Waals surface area (Å²) < 4.78 is 6.05. The van der Waals surface area contributed by atoms with Crippen LogP contribution in [0.25, 0.3) is 0 Å². The zero-order valence-electron chi connectivity index (χ0n) is 15.4. The third-order valence-electron chi connectivity index (χ3n) is 4.77. The molecule has 1 aromatic carbocycles. The van der Waals surface area contributed by atoms with Gasteiger partial charge in [-0.15, -0.1) is 0 Å². The van der Waals surface area contributed by atoms with Crippen LogP contribution in [0, 0.1) is 0 Å². The third kappa shape index (κ3) is 6.55. The molecule has 0 atom stereocenters. The van der Waals surface area contributed by atoms with Gasteiger partial charge >= 0.3 is 0 Å². The second kappa shape index (κ2) is 9.32. The quantitative estimate of drug-likeness (QED) is 0.594. The minimum absolute atomic E-state index is 0.144. The summed E-state index contributed by atoms with van der Waals surface area (Å²) >= 11 is 0. The molecule has 0 aliphatic carbocycles. The number of para-hydroxylation sites is 1. The molecule has 0 saturated carbocycles. The van der Waals surface area contributed by atoms with E-state index in [1.54, 1.807) is 0 Å². The summed E-state index contributed by atoms with van der Waals surface area (Å²) in [5.41, 5.74) is 1.45. The molecule has 0 aromatic heterocycles. The van der Waals surface area contributed by atoms with Crippen molar-refractivity contribution < 1.29 is 4.74 Å². The van der Waals surface area contributed by atoms with Crippen molar-refractivity contribution in [1.82, 2.24) is 4.90 Å². The molecule has 2 nitrogen and oxygen atoms in total. The highest BCUT2D eigenvalue weighted by atomic mass is 16.5. The van der Waals surface area contributed by atoms with Crippen molar-refractivity contribution in [3.05, 3.63) is 29.8 Å². The summed E-state index contributed by atoms with van der Waals surface area (Å²) in [5.74, 6) is 1.06. The van der Waals surface area contributed by atoms with Gasteiger partial charge in [0, 0.05) is 0 Å². The van der Waals surface area contributed by atoms with Gasteiger partial charge in [-0.3, -0.25) is 0 Å². The number of hydrogen-bond acceptors (Lipinski definition) is 2. The van der Waals surface area contributed by atoms with Crippen molar-refractivity contribution in [3.63, 3.8) is 0 Å². The molecule has 2 heteroatoms. The van der Waals surface area contributed by atoms with Crippen molar-refractivity contribution in [2.75, 3.05) is 26.2 Å². The standard InChI is InChI=1S/C21H35NO/c1-21(2,3)19-13-7-8-14-20(19)23-18-12-5-4-9-15-22-16-10-6-11-17-22/h7-8,13-14H,4-6,9-12,15-18H2,1-3H3. The van der Waals surface area contributed by atoms with Crippen LogP contribution in [0.5, 0.6) is 5.75 Å². The first-order valence-corrected chi connectivity index (χ1v) is 9.52. The predicted molar refractivity (Wildman–Crippen MR) is 99.4 cm³/mol. The molecule has 1 saturated heterocycles. The van der Waals surface area contributed by atoms with Gasteiger partial charge in [0.1, 0.15) is 5.75 Å². The normalized spacial score (nSPS) is 16.5. The highest BCUT2D eigenvalue weighted by Crippen LogP contribution is 2.31. The van der Waals surface area contributed by atoms with E-state index in [0.29, 0.717) is 0 Å². The molecule has 1 aliphatic heterocycles. The minimum Gasteiger partial charge on any atom is -0.493 e. The first-order chi connectivity index (χ1) is 11.1. The minimum atomic E-state index is 0.144. The molecule has 2 rings (SSSR count). The van der Waals surface area contributed by atoms with Gasteiger partial charge in [0.05, 0.1) is 6.61 Å². The van der Waals surface area contributed by atoms with Crippen LogP contribution in [0.4, 0.5) is 0 Å². The van der Waals surface area contributed by atoms with E-state index in [1.807, 2.05) is 0 Å². The Labute approximate surface area is 143 Å². The first-order valence-electron chi connectivity index (χ1n) is 9.52. The fourth-order valence-electron chi connectivity index (χ4n) is 3.37. The molecule has 1 heterocycles. The van der Waals surface area contributed by atoms with Gasteiger partial charge in [-0.25, -0.2) is 0 Å². The van der Waals surface area contributed by atoms with Gasteiger partial charge in [-0.05, 0) is 62.4 Å². The fourth-order valence-corrected chi connectivity index (χ4v) is 3.37. The number of rotatable bonds is 8. The lowest BCUT2D eigenvalue weighted by molar-refractivity contribution is 0.223. The summed E-state index contributed by atoms with van der Waals surface area (Å²) in [6, 6.07) is 8.47. The van der Waals surface area contributed by atoms with Crippen LogP contribution in [-0.2, 0) is 5.41 Å². The fraction of sp³-hybridized carbons (Fsp3) is 0.714. The summed E-state index contributed by atoms with van der Waals surface area (Å²) in [7, 11) is 0. The SMILES string of the molecule is CC(C)(C)c1ccccc1OCCCCCCN1CCCCC1. The van der Waals surface area contributed by atoms with Gasteiger partial charge in [0.25, 0.3) is 0 Å². The smallest absolute Gasteiger partial charge is 0.123 e. The highest BCUT2D eigenvalue weighted by Gasteiger charge is 2.18. The number of hydrogen-bond donors (Lipinski definition) is 0. The van der Waals surface area contributed by atoms with Gasteiger partial charge in [0.15, 0.2) is 0 Å². The molecule has 1 aromatic rings. The second-order valence-electron chi connectivity index (χ2n) is 7.91. The molecule has 0 spiro atoms. The van der Waals surface area contributed by atoms with E-state index in [-0.39, 0.29) is 5.41 Å². The first kappa shape index (κ1) is 18.3. The van der Waals surface area contributed by atoms with Crippen molar-refractivity contribution in [1.29, 1.82) is 0 Å². The Bertz CT molecular complexity index is 443. The Kier molecular flexibility index (Phi) is 7.42. The number of unbranched alkanes of at least 4 members (excludes halogenated alkanes) is 3. The molecular formula is C21H35NO. The Balaban J connectivity index is 1.59. The van der Waals surface area contributed by atoms with Gasteiger partial charge < -0.3 is 9.64 Å². The van der Waals surface area contributed by atoms with E-state index >= 15 is 0 Å². The van der Waals surface area contributed by atoms with Gasteiger partial charge in [-0.1, -0.05) is 58.2 Å². The van der Waals surface area contributed by atoms with Gasteiger partial charge in [-0.2, -0.15) is 0 Å². The lowest BCUT2D eigenvalue weighted by Gasteiger charge is -2.26. The van der Waals surface area contributed by atoms with Crippen molar-refractivity contribution in [2.24, 2.45) is 0 Å². The van der Waals surface area contributed by atoms with Crippen LogP contribution in [-0.4, -0.2) is 31.1 Å². The summed E-state index contributed by atoms with van der Waals surface area (Å²) in [6.45, 7) is 11.5. The number of ether oxygens (including phenoxy) is 1. The Morgan fingerprint density at radius 3 is 2.35 bits per heavy atom. The Morgan fingerprint density at radius 1 is 0.913 bits per heavy atom. The van der Waals surface area contributed by atoms with Gasteiger partial charge in [0.2, 0.25) is 0 Å².